The third-order valence-electron chi connectivity index (χ3n) is 2.28. The van der Waals surface area contributed by atoms with E-state index in [4.69, 9.17) is 0 Å². The Labute approximate surface area is 120 Å². The maximum Gasteiger partial charge on any atom is 0.256 e. The molecule has 0 aliphatic rings. The summed E-state index contributed by atoms with van der Waals surface area (Å²) in [7, 11) is 0. The standard InChI is InChI=1S/C13H8Br2FNO/c14-8-1-4-10(5-2-8)17-13(18)11-7-9(16)3-6-12(11)15/h1-7H,(H,17,18). The second kappa shape index (κ2) is 5.63. The number of amides is 1. The van der Waals surface area contributed by atoms with Crippen molar-refractivity contribution in [3.63, 3.8) is 0 Å². The fourth-order valence-corrected chi connectivity index (χ4v) is 2.09. The molecule has 1 amide bonds. The maximum atomic E-state index is 13.1. The first-order valence-electron chi connectivity index (χ1n) is 5.08. The fourth-order valence-electron chi connectivity index (χ4n) is 1.40. The van der Waals surface area contributed by atoms with Crippen LogP contribution in [0.4, 0.5) is 10.1 Å². The third-order valence-corrected chi connectivity index (χ3v) is 3.50. The van der Waals surface area contributed by atoms with Gasteiger partial charge in [-0.05, 0) is 58.4 Å². The molecule has 0 spiro atoms. The van der Waals surface area contributed by atoms with Gasteiger partial charge in [0.25, 0.3) is 5.91 Å². The lowest BCUT2D eigenvalue weighted by Gasteiger charge is -2.07. The van der Waals surface area contributed by atoms with E-state index in [1.165, 1.54) is 18.2 Å². The number of carbonyl (C=O) groups is 1. The molecule has 0 unspecified atom stereocenters. The van der Waals surface area contributed by atoms with Gasteiger partial charge in [0.2, 0.25) is 0 Å². The molecule has 0 atom stereocenters. The molecular weight excluding hydrogens is 365 g/mol. The minimum Gasteiger partial charge on any atom is -0.322 e. The van der Waals surface area contributed by atoms with Gasteiger partial charge in [0.15, 0.2) is 0 Å². The lowest BCUT2D eigenvalue weighted by atomic mass is 10.2. The summed E-state index contributed by atoms with van der Waals surface area (Å²) in [6.07, 6.45) is 0. The summed E-state index contributed by atoms with van der Waals surface area (Å²) in [6.45, 7) is 0. The van der Waals surface area contributed by atoms with E-state index in [2.05, 4.69) is 37.2 Å². The molecule has 5 heteroatoms. The molecule has 2 rings (SSSR count). The van der Waals surface area contributed by atoms with Crippen molar-refractivity contribution in [3.8, 4) is 0 Å². The van der Waals surface area contributed by atoms with Crippen molar-refractivity contribution < 1.29 is 9.18 Å². The molecule has 0 saturated heterocycles. The number of hydrogen-bond acceptors (Lipinski definition) is 1. The van der Waals surface area contributed by atoms with Gasteiger partial charge in [0.1, 0.15) is 5.82 Å². The molecule has 92 valence electrons. The summed E-state index contributed by atoms with van der Waals surface area (Å²) in [5.74, 6) is -0.803. The largest absolute Gasteiger partial charge is 0.322 e. The van der Waals surface area contributed by atoms with Crippen LogP contribution < -0.4 is 5.32 Å². The minimum absolute atomic E-state index is 0.262. The van der Waals surface area contributed by atoms with E-state index in [-0.39, 0.29) is 11.5 Å². The zero-order valence-electron chi connectivity index (χ0n) is 9.08. The van der Waals surface area contributed by atoms with Gasteiger partial charge in [-0.15, -0.1) is 0 Å². The molecule has 0 aliphatic heterocycles. The predicted molar refractivity (Wildman–Crippen MR) is 76.2 cm³/mol. The van der Waals surface area contributed by atoms with Crippen molar-refractivity contribution in [1.29, 1.82) is 0 Å². The highest BCUT2D eigenvalue weighted by molar-refractivity contribution is 9.10. The number of carbonyl (C=O) groups excluding carboxylic acids is 1. The first-order valence-corrected chi connectivity index (χ1v) is 6.67. The van der Waals surface area contributed by atoms with Gasteiger partial charge >= 0.3 is 0 Å². The van der Waals surface area contributed by atoms with Crippen LogP contribution in [-0.4, -0.2) is 5.91 Å². The fraction of sp³-hybridized carbons (Fsp3) is 0. The lowest BCUT2D eigenvalue weighted by Crippen LogP contribution is -2.12. The summed E-state index contributed by atoms with van der Waals surface area (Å²) in [6, 6.07) is 11.1. The molecule has 18 heavy (non-hydrogen) atoms. The molecule has 0 radical (unpaired) electrons. The number of halogens is 3. The second-order valence-corrected chi connectivity index (χ2v) is 5.36. The number of nitrogens with one attached hydrogen (secondary N) is 1. The Morgan fingerprint density at radius 2 is 1.72 bits per heavy atom. The minimum atomic E-state index is -0.445. The number of anilines is 1. The highest BCUT2D eigenvalue weighted by Crippen LogP contribution is 2.20. The Balaban J connectivity index is 2.21. The van der Waals surface area contributed by atoms with Crippen LogP contribution in [0.1, 0.15) is 10.4 Å². The average Bonchev–Trinajstić information content (AvgIpc) is 2.35. The van der Waals surface area contributed by atoms with E-state index in [0.29, 0.717) is 10.2 Å². The van der Waals surface area contributed by atoms with E-state index < -0.39 is 5.82 Å². The number of benzene rings is 2. The van der Waals surface area contributed by atoms with Crippen molar-refractivity contribution >= 4 is 43.5 Å². The highest BCUT2D eigenvalue weighted by atomic mass is 79.9. The molecule has 2 aromatic rings. The molecule has 2 aromatic carbocycles. The first kappa shape index (κ1) is 13.2. The van der Waals surface area contributed by atoms with E-state index in [0.717, 1.165) is 4.47 Å². The normalized spacial score (nSPS) is 10.2. The Bertz CT molecular complexity index is 584. The van der Waals surface area contributed by atoms with Crippen LogP contribution in [0.2, 0.25) is 0 Å². The van der Waals surface area contributed by atoms with Crippen molar-refractivity contribution in [2.45, 2.75) is 0 Å². The molecule has 0 saturated carbocycles. The Morgan fingerprint density at radius 1 is 1.06 bits per heavy atom. The van der Waals surface area contributed by atoms with E-state index in [1.54, 1.807) is 12.1 Å². The van der Waals surface area contributed by atoms with Gasteiger partial charge in [0, 0.05) is 14.6 Å². The first-order chi connectivity index (χ1) is 8.56. The van der Waals surface area contributed by atoms with Gasteiger partial charge in [-0.3, -0.25) is 4.79 Å². The van der Waals surface area contributed by atoms with Crippen molar-refractivity contribution in [3.05, 3.63) is 62.8 Å². The Hall–Kier alpha value is -1.20. The highest BCUT2D eigenvalue weighted by Gasteiger charge is 2.11. The Kier molecular flexibility index (Phi) is 4.14. The SMILES string of the molecule is O=C(Nc1ccc(Br)cc1)c1cc(F)ccc1Br. The third kappa shape index (κ3) is 3.17. The van der Waals surface area contributed by atoms with E-state index >= 15 is 0 Å². The monoisotopic (exact) mass is 371 g/mol. The molecule has 0 aromatic heterocycles. The van der Waals surface area contributed by atoms with Crippen LogP contribution in [0.25, 0.3) is 0 Å². The van der Waals surface area contributed by atoms with Crippen molar-refractivity contribution in [2.24, 2.45) is 0 Å². The number of hydrogen-bond donors (Lipinski definition) is 1. The van der Waals surface area contributed by atoms with Crippen LogP contribution in [-0.2, 0) is 0 Å². The topological polar surface area (TPSA) is 29.1 Å². The van der Waals surface area contributed by atoms with Crippen LogP contribution in [0.5, 0.6) is 0 Å². The maximum absolute atomic E-state index is 13.1. The summed E-state index contributed by atoms with van der Waals surface area (Å²) in [4.78, 5) is 12.0. The summed E-state index contributed by atoms with van der Waals surface area (Å²) in [5.41, 5.74) is 0.914. The summed E-state index contributed by atoms with van der Waals surface area (Å²) >= 11 is 6.53. The van der Waals surface area contributed by atoms with Gasteiger partial charge in [0.05, 0.1) is 5.56 Å². The summed E-state index contributed by atoms with van der Waals surface area (Å²) in [5, 5.41) is 2.70. The van der Waals surface area contributed by atoms with Crippen LogP contribution >= 0.6 is 31.9 Å². The van der Waals surface area contributed by atoms with Crippen molar-refractivity contribution in [1.82, 2.24) is 0 Å². The second-order valence-electron chi connectivity index (χ2n) is 3.59. The van der Waals surface area contributed by atoms with E-state index in [9.17, 15) is 9.18 Å². The lowest BCUT2D eigenvalue weighted by molar-refractivity contribution is 0.102. The van der Waals surface area contributed by atoms with Gasteiger partial charge < -0.3 is 5.32 Å². The smallest absolute Gasteiger partial charge is 0.256 e. The van der Waals surface area contributed by atoms with Gasteiger partial charge in [-0.1, -0.05) is 15.9 Å². The molecule has 0 fully saturated rings. The zero-order valence-corrected chi connectivity index (χ0v) is 12.3. The number of rotatable bonds is 2. The average molecular weight is 373 g/mol. The quantitative estimate of drug-likeness (QED) is 0.819. The van der Waals surface area contributed by atoms with Gasteiger partial charge in [-0.25, -0.2) is 4.39 Å². The Morgan fingerprint density at radius 3 is 2.39 bits per heavy atom. The molecule has 0 heterocycles. The summed E-state index contributed by atoms with van der Waals surface area (Å²) < 4.78 is 14.6. The van der Waals surface area contributed by atoms with E-state index in [1.807, 2.05) is 12.1 Å². The molecule has 1 N–H and O–H groups in total. The van der Waals surface area contributed by atoms with Gasteiger partial charge in [-0.2, -0.15) is 0 Å². The molecular formula is C13H8Br2FNO. The molecule has 2 nitrogen and oxygen atoms in total. The van der Waals surface area contributed by atoms with Crippen LogP contribution in [0, 0.1) is 5.82 Å². The van der Waals surface area contributed by atoms with Crippen LogP contribution in [0.3, 0.4) is 0 Å². The van der Waals surface area contributed by atoms with Crippen molar-refractivity contribution in [2.75, 3.05) is 5.32 Å². The molecule has 0 bridgehead atoms. The van der Waals surface area contributed by atoms with Crippen LogP contribution in [0.15, 0.2) is 51.4 Å². The zero-order chi connectivity index (χ0) is 13.1. The predicted octanol–water partition coefficient (Wildman–Crippen LogP) is 4.60. The molecule has 0 aliphatic carbocycles.